The van der Waals surface area contributed by atoms with Crippen molar-refractivity contribution in [3.63, 3.8) is 0 Å². The van der Waals surface area contributed by atoms with Crippen LogP contribution < -0.4 is 15.4 Å². The maximum Gasteiger partial charge on any atom is 0.221 e. The molecule has 2 aromatic carbocycles. The van der Waals surface area contributed by atoms with Crippen LogP contribution in [0.25, 0.3) is 0 Å². The third-order valence-corrected chi connectivity index (χ3v) is 4.06. The molecule has 2 N–H and O–H groups in total. The van der Waals surface area contributed by atoms with Crippen molar-refractivity contribution >= 4 is 5.91 Å². The van der Waals surface area contributed by atoms with E-state index in [0.29, 0.717) is 13.0 Å². The molecule has 1 unspecified atom stereocenters. The predicted molar refractivity (Wildman–Crippen MR) is 79.4 cm³/mol. The van der Waals surface area contributed by atoms with Gasteiger partial charge in [0.1, 0.15) is 11.5 Å². The predicted octanol–water partition coefficient (Wildman–Crippen LogP) is 2.36. The van der Waals surface area contributed by atoms with Gasteiger partial charge in [-0.3, -0.25) is 4.79 Å². The third-order valence-electron chi connectivity index (χ3n) is 4.06. The topological polar surface area (TPSA) is 50.4 Å². The van der Waals surface area contributed by atoms with Gasteiger partial charge >= 0.3 is 0 Å². The molecule has 0 radical (unpaired) electrons. The van der Waals surface area contributed by atoms with Gasteiger partial charge < -0.3 is 15.4 Å². The number of benzene rings is 2. The Balaban J connectivity index is 1.73. The monoisotopic (exact) mass is 280 g/mol. The Morgan fingerprint density at radius 1 is 1.00 bits per heavy atom. The van der Waals surface area contributed by atoms with E-state index in [9.17, 15) is 4.79 Å². The Labute approximate surface area is 123 Å². The highest BCUT2D eigenvalue weighted by molar-refractivity contribution is 5.79. The molecule has 106 valence electrons. The number of rotatable bonds is 2. The van der Waals surface area contributed by atoms with Crippen molar-refractivity contribution in [2.24, 2.45) is 0 Å². The minimum absolute atomic E-state index is 0.0591. The van der Waals surface area contributed by atoms with Crippen molar-refractivity contribution in [3.05, 3.63) is 59.7 Å². The molecule has 0 bridgehead atoms. The van der Waals surface area contributed by atoms with E-state index >= 15 is 0 Å². The van der Waals surface area contributed by atoms with Gasteiger partial charge in [0.15, 0.2) is 0 Å². The van der Waals surface area contributed by atoms with E-state index in [2.05, 4.69) is 22.8 Å². The lowest BCUT2D eigenvalue weighted by Gasteiger charge is -2.30. The Kier molecular flexibility index (Phi) is 2.89. The van der Waals surface area contributed by atoms with Crippen molar-refractivity contribution in [3.8, 4) is 11.5 Å². The van der Waals surface area contributed by atoms with E-state index < -0.39 is 0 Å². The largest absolute Gasteiger partial charge is 0.457 e. The molecule has 2 aromatic rings. The molecule has 1 atom stereocenters. The van der Waals surface area contributed by atoms with E-state index in [1.807, 2.05) is 36.4 Å². The molecule has 2 heterocycles. The quantitative estimate of drug-likeness (QED) is 0.888. The van der Waals surface area contributed by atoms with Gasteiger partial charge in [-0.05, 0) is 12.1 Å². The average Bonchev–Trinajstić information content (AvgIpc) is 2.92. The summed E-state index contributed by atoms with van der Waals surface area (Å²) in [5, 5.41) is 6.47. The fourth-order valence-corrected chi connectivity index (χ4v) is 3.05. The number of hydrogen-bond acceptors (Lipinski definition) is 3. The van der Waals surface area contributed by atoms with Crippen LogP contribution in [0.3, 0.4) is 0 Å². The van der Waals surface area contributed by atoms with Crippen LogP contribution in [0, 0.1) is 0 Å². The third kappa shape index (κ3) is 2.17. The zero-order valence-electron chi connectivity index (χ0n) is 11.5. The number of hydrogen-bond donors (Lipinski definition) is 2. The van der Waals surface area contributed by atoms with E-state index in [4.69, 9.17) is 4.74 Å². The number of carbonyl (C=O) groups is 1. The van der Waals surface area contributed by atoms with Crippen molar-refractivity contribution in [1.82, 2.24) is 10.6 Å². The fourth-order valence-electron chi connectivity index (χ4n) is 3.05. The number of ether oxygens (including phenoxy) is 1. The second kappa shape index (κ2) is 4.90. The van der Waals surface area contributed by atoms with Gasteiger partial charge in [-0.2, -0.15) is 0 Å². The zero-order chi connectivity index (χ0) is 14.2. The molecule has 0 spiro atoms. The molecule has 2 aliphatic rings. The molecule has 2 aliphatic heterocycles. The van der Waals surface area contributed by atoms with E-state index in [0.717, 1.165) is 22.6 Å². The molecule has 4 heteroatoms. The van der Waals surface area contributed by atoms with Crippen LogP contribution >= 0.6 is 0 Å². The van der Waals surface area contributed by atoms with Crippen LogP contribution in [0.15, 0.2) is 48.5 Å². The highest BCUT2D eigenvalue weighted by Gasteiger charge is 2.31. The number of nitrogens with one attached hydrogen (secondary N) is 2. The first kappa shape index (κ1) is 12.4. The first-order chi connectivity index (χ1) is 10.3. The maximum atomic E-state index is 11.4. The molecule has 4 rings (SSSR count). The van der Waals surface area contributed by atoms with Crippen molar-refractivity contribution in [2.75, 3.05) is 6.54 Å². The van der Waals surface area contributed by atoms with Gasteiger partial charge in [0, 0.05) is 30.1 Å². The molecule has 1 amide bonds. The minimum atomic E-state index is 0.0591. The van der Waals surface area contributed by atoms with Gasteiger partial charge in [-0.1, -0.05) is 36.4 Å². The highest BCUT2D eigenvalue weighted by atomic mass is 16.5. The summed E-state index contributed by atoms with van der Waals surface area (Å²) in [5.74, 6) is 1.87. The number of para-hydroxylation sites is 2. The van der Waals surface area contributed by atoms with Crippen LogP contribution in [0.1, 0.15) is 23.6 Å². The molecule has 21 heavy (non-hydrogen) atoms. The first-order valence-corrected chi connectivity index (χ1v) is 7.20. The number of amides is 1. The summed E-state index contributed by atoms with van der Waals surface area (Å²) >= 11 is 0. The number of carbonyl (C=O) groups excluding carboxylic acids is 1. The van der Waals surface area contributed by atoms with Gasteiger partial charge in [0.05, 0.1) is 6.04 Å². The van der Waals surface area contributed by atoms with Gasteiger partial charge in [-0.15, -0.1) is 0 Å². The molecule has 1 fully saturated rings. The summed E-state index contributed by atoms with van der Waals surface area (Å²) in [6.07, 6.45) is 0.529. The lowest BCUT2D eigenvalue weighted by Crippen LogP contribution is -2.36. The minimum Gasteiger partial charge on any atom is -0.457 e. The molecular weight excluding hydrogens is 264 g/mol. The SMILES string of the molecule is O=C1CC(NC2c3ccccc3Oc3ccccc32)CN1. The maximum absolute atomic E-state index is 11.4. The van der Waals surface area contributed by atoms with Gasteiger partial charge in [-0.25, -0.2) is 0 Å². The lowest BCUT2D eigenvalue weighted by atomic mass is 9.94. The first-order valence-electron chi connectivity index (χ1n) is 7.20. The van der Waals surface area contributed by atoms with Crippen molar-refractivity contribution < 1.29 is 9.53 Å². The van der Waals surface area contributed by atoms with Gasteiger partial charge in [0.2, 0.25) is 5.91 Å². The Morgan fingerprint density at radius 2 is 1.62 bits per heavy atom. The second-order valence-corrected chi connectivity index (χ2v) is 5.48. The Morgan fingerprint density at radius 3 is 2.19 bits per heavy atom. The fraction of sp³-hybridized carbons (Fsp3) is 0.235. The smallest absolute Gasteiger partial charge is 0.221 e. The number of fused-ring (bicyclic) bond motifs is 2. The standard InChI is InChI=1S/C17H16N2O2/c20-16-9-11(10-18-16)19-17-12-5-1-3-7-14(12)21-15-8-4-2-6-13(15)17/h1-8,11,17,19H,9-10H2,(H,18,20). The molecular formula is C17H16N2O2. The normalized spacial score (nSPS) is 20.4. The summed E-state index contributed by atoms with van der Waals surface area (Å²) < 4.78 is 5.97. The van der Waals surface area contributed by atoms with Crippen molar-refractivity contribution in [2.45, 2.75) is 18.5 Å². The molecule has 4 nitrogen and oxygen atoms in total. The second-order valence-electron chi connectivity index (χ2n) is 5.48. The Hall–Kier alpha value is -2.33. The highest BCUT2D eigenvalue weighted by Crippen LogP contribution is 2.42. The molecule has 0 saturated carbocycles. The molecule has 0 aliphatic carbocycles. The van der Waals surface area contributed by atoms with Crippen LogP contribution in [0.2, 0.25) is 0 Å². The summed E-state index contributed by atoms with van der Waals surface area (Å²) in [4.78, 5) is 11.4. The summed E-state index contributed by atoms with van der Waals surface area (Å²) in [5.41, 5.74) is 2.24. The van der Waals surface area contributed by atoms with E-state index in [1.165, 1.54) is 0 Å². The van der Waals surface area contributed by atoms with Crippen LogP contribution in [0.5, 0.6) is 11.5 Å². The lowest BCUT2D eigenvalue weighted by molar-refractivity contribution is -0.119. The van der Waals surface area contributed by atoms with Gasteiger partial charge in [0.25, 0.3) is 0 Å². The summed E-state index contributed by atoms with van der Waals surface area (Å²) in [6.45, 7) is 0.681. The summed E-state index contributed by atoms with van der Waals surface area (Å²) in [7, 11) is 0. The van der Waals surface area contributed by atoms with E-state index in [-0.39, 0.29) is 18.0 Å². The molecule has 1 saturated heterocycles. The summed E-state index contributed by atoms with van der Waals surface area (Å²) in [6, 6.07) is 16.3. The van der Waals surface area contributed by atoms with Crippen LogP contribution in [-0.2, 0) is 4.79 Å². The van der Waals surface area contributed by atoms with E-state index in [1.54, 1.807) is 0 Å². The van der Waals surface area contributed by atoms with Crippen LogP contribution in [-0.4, -0.2) is 18.5 Å². The van der Waals surface area contributed by atoms with Crippen molar-refractivity contribution in [1.29, 1.82) is 0 Å². The molecule has 0 aromatic heterocycles. The average molecular weight is 280 g/mol. The zero-order valence-corrected chi connectivity index (χ0v) is 11.5. The van der Waals surface area contributed by atoms with Crippen LogP contribution in [0.4, 0.5) is 0 Å². The Bertz CT molecular complexity index is 653.